The lowest BCUT2D eigenvalue weighted by atomic mass is 9.62. The van der Waals surface area contributed by atoms with E-state index in [0.717, 1.165) is 12.7 Å². The highest BCUT2D eigenvalue weighted by molar-refractivity contribution is 5.52. The first-order valence-corrected chi connectivity index (χ1v) is 7.36. The number of carbonyl (C=O) groups excluding carboxylic acids is 1. The SMILES string of the molecule is Cc1cc2c(cc1CCC=O)C(C)(C)CCC2(C)C. The standard InChI is InChI=1S/C18H26O/c1-13-11-15-16(12-14(13)7-6-10-19)18(4,5)9-8-17(15,2)3/h10-12H,6-9H2,1-5H3. The van der Waals surface area contributed by atoms with Crippen LogP contribution in [0.25, 0.3) is 0 Å². The summed E-state index contributed by atoms with van der Waals surface area (Å²) < 4.78 is 0. The lowest BCUT2D eigenvalue weighted by Gasteiger charge is -2.42. The average Bonchev–Trinajstić information content (AvgIpc) is 2.33. The van der Waals surface area contributed by atoms with Crippen molar-refractivity contribution in [3.05, 3.63) is 34.4 Å². The zero-order chi connectivity index (χ0) is 14.3. The van der Waals surface area contributed by atoms with Crippen LogP contribution in [0.5, 0.6) is 0 Å². The van der Waals surface area contributed by atoms with Gasteiger partial charge in [0, 0.05) is 6.42 Å². The largest absolute Gasteiger partial charge is 0.303 e. The molecule has 1 heteroatoms. The predicted molar refractivity (Wildman–Crippen MR) is 80.9 cm³/mol. The number of aryl methyl sites for hydroxylation is 2. The first-order chi connectivity index (χ1) is 8.78. The maximum Gasteiger partial charge on any atom is 0.120 e. The Balaban J connectivity index is 2.54. The molecule has 0 amide bonds. The molecule has 1 aromatic rings. The van der Waals surface area contributed by atoms with Gasteiger partial charge in [-0.05, 0) is 59.3 Å². The van der Waals surface area contributed by atoms with Crippen molar-refractivity contribution in [1.82, 2.24) is 0 Å². The van der Waals surface area contributed by atoms with Gasteiger partial charge in [0.25, 0.3) is 0 Å². The summed E-state index contributed by atoms with van der Waals surface area (Å²) in [7, 11) is 0. The Kier molecular flexibility index (Phi) is 3.59. The van der Waals surface area contributed by atoms with Crippen molar-refractivity contribution >= 4 is 6.29 Å². The van der Waals surface area contributed by atoms with Gasteiger partial charge in [-0.1, -0.05) is 39.8 Å². The number of hydrogen-bond donors (Lipinski definition) is 0. The third-order valence-corrected chi connectivity index (χ3v) is 4.84. The molecule has 0 unspecified atom stereocenters. The zero-order valence-electron chi connectivity index (χ0n) is 13.0. The van der Waals surface area contributed by atoms with Gasteiger partial charge in [-0.3, -0.25) is 0 Å². The van der Waals surface area contributed by atoms with Gasteiger partial charge in [0.1, 0.15) is 6.29 Å². The Hall–Kier alpha value is -1.11. The molecule has 0 bridgehead atoms. The number of carbonyl (C=O) groups is 1. The van der Waals surface area contributed by atoms with Crippen LogP contribution in [0.2, 0.25) is 0 Å². The van der Waals surface area contributed by atoms with Crippen LogP contribution in [-0.4, -0.2) is 6.29 Å². The van der Waals surface area contributed by atoms with Crippen LogP contribution in [0.1, 0.15) is 69.2 Å². The highest BCUT2D eigenvalue weighted by Gasteiger charge is 2.37. The molecule has 0 saturated carbocycles. The van der Waals surface area contributed by atoms with Crippen LogP contribution in [-0.2, 0) is 22.0 Å². The fourth-order valence-corrected chi connectivity index (χ4v) is 3.25. The Morgan fingerprint density at radius 2 is 1.58 bits per heavy atom. The fourth-order valence-electron chi connectivity index (χ4n) is 3.25. The lowest BCUT2D eigenvalue weighted by Crippen LogP contribution is -2.34. The van der Waals surface area contributed by atoms with E-state index in [1.165, 1.54) is 35.1 Å². The minimum absolute atomic E-state index is 0.258. The van der Waals surface area contributed by atoms with Crippen molar-refractivity contribution < 1.29 is 4.79 Å². The summed E-state index contributed by atoms with van der Waals surface area (Å²) in [5, 5.41) is 0. The molecule has 1 aliphatic rings. The zero-order valence-corrected chi connectivity index (χ0v) is 13.0. The number of hydrogen-bond acceptors (Lipinski definition) is 1. The molecule has 104 valence electrons. The summed E-state index contributed by atoms with van der Waals surface area (Å²) in [6.45, 7) is 11.6. The Morgan fingerprint density at radius 1 is 1.05 bits per heavy atom. The van der Waals surface area contributed by atoms with Gasteiger partial charge in [-0.25, -0.2) is 0 Å². The Morgan fingerprint density at radius 3 is 2.11 bits per heavy atom. The van der Waals surface area contributed by atoms with Crippen molar-refractivity contribution in [3.63, 3.8) is 0 Å². The van der Waals surface area contributed by atoms with E-state index in [-0.39, 0.29) is 10.8 Å². The molecule has 0 radical (unpaired) electrons. The molecule has 19 heavy (non-hydrogen) atoms. The van der Waals surface area contributed by atoms with Crippen molar-refractivity contribution in [2.75, 3.05) is 0 Å². The molecule has 0 fully saturated rings. The quantitative estimate of drug-likeness (QED) is 0.731. The molecule has 0 aromatic heterocycles. The number of aldehydes is 1. The number of rotatable bonds is 3. The molecule has 0 N–H and O–H groups in total. The van der Waals surface area contributed by atoms with E-state index >= 15 is 0 Å². The van der Waals surface area contributed by atoms with Crippen LogP contribution >= 0.6 is 0 Å². The van der Waals surface area contributed by atoms with Crippen LogP contribution in [0, 0.1) is 6.92 Å². The van der Waals surface area contributed by atoms with E-state index in [1.54, 1.807) is 0 Å². The van der Waals surface area contributed by atoms with Gasteiger partial charge < -0.3 is 4.79 Å². The number of benzene rings is 1. The lowest BCUT2D eigenvalue weighted by molar-refractivity contribution is -0.107. The monoisotopic (exact) mass is 258 g/mol. The van der Waals surface area contributed by atoms with Crippen LogP contribution in [0.4, 0.5) is 0 Å². The molecule has 0 saturated heterocycles. The second kappa shape index (κ2) is 4.77. The molecule has 0 heterocycles. The van der Waals surface area contributed by atoms with E-state index in [0.29, 0.717) is 6.42 Å². The molecular formula is C18H26O. The predicted octanol–water partition coefficient (Wildman–Crippen LogP) is 4.48. The topological polar surface area (TPSA) is 17.1 Å². The maximum absolute atomic E-state index is 10.6. The van der Waals surface area contributed by atoms with Crippen LogP contribution in [0.3, 0.4) is 0 Å². The number of fused-ring (bicyclic) bond motifs is 1. The van der Waals surface area contributed by atoms with Gasteiger partial charge in [0.05, 0.1) is 0 Å². The van der Waals surface area contributed by atoms with Gasteiger partial charge in [-0.15, -0.1) is 0 Å². The third-order valence-electron chi connectivity index (χ3n) is 4.84. The van der Waals surface area contributed by atoms with Crippen molar-refractivity contribution in [3.8, 4) is 0 Å². The average molecular weight is 258 g/mol. The molecule has 1 nitrogen and oxygen atoms in total. The molecule has 0 spiro atoms. The van der Waals surface area contributed by atoms with E-state index in [9.17, 15) is 4.79 Å². The van der Waals surface area contributed by atoms with E-state index in [1.807, 2.05) is 0 Å². The molecule has 2 rings (SSSR count). The van der Waals surface area contributed by atoms with Gasteiger partial charge in [0.2, 0.25) is 0 Å². The molecule has 0 atom stereocenters. The van der Waals surface area contributed by atoms with E-state index in [4.69, 9.17) is 0 Å². The normalized spacial score (nSPS) is 19.8. The summed E-state index contributed by atoms with van der Waals surface area (Å²) >= 11 is 0. The fraction of sp³-hybridized carbons (Fsp3) is 0.611. The molecular weight excluding hydrogens is 232 g/mol. The summed E-state index contributed by atoms with van der Waals surface area (Å²) in [5.41, 5.74) is 6.22. The summed E-state index contributed by atoms with van der Waals surface area (Å²) in [4.78, 5) is 10.6. The molecule has 1 aromatic carbocycles. The van der Waals surface area contributed by atoms with E-state index < -0.39 is 0 Å². The minimum atomic E-state index is 0.258. The highest BCUT2D eigenvalue weighted by Crippen LogP contribution is 2.46. The first-order valence-electron chi connectivity index (χ1n) is 7.36. The van der Waals surface area contributed by atoms with Gasteiger partial charge >= 0.3 is 0 Å². The van der Waals surface area contributed by atoms with Crippen LogP contribution in [0.15, 0.2) is 12.1 Å². The smallest absolute Gasteiger partial charge is 0.120 e. The van der Waals surface area contributed by atoms with Crippen LogP contribution < -0.4 is 0 Å². The van der Waals surface area contributed by atoms with Gasteiger partial charge in [0.15, 0.2) is 0 Å². The molecule has 1 aliphatic carbocycles. The van der Waals surface area contributed by atoms with Crippen molar-refractivity contribution in [2.24, 2.45) is 0 Å². The highest BCUT2D eigenvalue weighted by atomic mass is 16.1. The van der Waals surface area contributed by atoms with Gasteiger partial charge in [-0.2, -0.15) is 0 Å². The second-order valence-electron chi connectivity index (χ2n) is 7.30. The summed E-state index contributed by atoms with van der Waals surface area (Å²) in [6.07, 6.45) is 5.01. The third kappa shape index (κ3) is 2.61. The first kappa shape index (κ1) is 14.3. The second-order valence-corrected chi connectivity index (χ2v) is 7.30. The van der Waals surface area contributed by atoms with Crippen molar-refractivity contribution in [1.29, 1.82) is 0 Å². The Bertz CT molecular complexity index is 495. The summed E-state index contributed by atoms with van der Waals surface area (Å²) in [6, 6.07) is 4.74. The minimum Gasteiger partial charge on any atom is -0.303 e. The van der Waals surface area contributed by atoms with E-state index in [2.05, 4.69) is 46.8 Å². The van der Waals surface area contributed by atoms with Crippen molar-refractivity contribution in [2.45, 2.75) is 71.1 Å². The summed E-state index contributed by atoms with van der Waals surface area (Å²) in [5.74, 6) is 0. The Labute approximate surface area is 117 Å². The molecule has 0 aliphatic heterocycles. The maximum atomic E-state index is 10.6.